The maximum atomic E-state index is 12.8. The smallest absolute Gasteiger partial charge is 0.224 e. The average molecular weight is 371 g/mol. The molecular weight excluding hydrogens is 342 g/mol. The van der Waals surface area contributed by atoms with Gasteiger partial charge in [0.05, 0.1) is 23.5 Å². The molecule has 27 heavy (non-hydrogen) atoms. The van der Waals surface area contributed by atoms with E-state index >= 15 is 0 Å². The molecule has 0 aromatic carbocycles. The minimum absolute atomic E-state index is 0.0194. The first-order valence-corrected chi connectivity index (χ1v) is 9.63. The summed E-state index contributed by atoms with van der Waals surface area (Å²) in [5.41, 5.74) is 4.64. The molecule has 7 heteroatoms. The number of rotatable bonds is 5. The molecule has 146 valence electrons. The molecule has 0 spiro atoms. The van der Waals surface area contributed by atoms with Crippen molar-refractivity contribution >= 4 is 11.7 Å². The van der Waals surface area contributed by atoms with Crippen molar-refractivity contribution < 1.29 is 9.59 Å². The second-order valence-corrected chi connectivity index (χ2v) is 7.72. The fourth-order valence-corrected chi connectivity index (χ4v) is 4.26. The lowest BCUT2D eigenvalue weighted by molar-refractivity contribution is -0.133. The third-order valence-corrected chi connectivity index (χ3v) is 5.69. The summed E-state index contributed by atoms with van der Waals surface area (Å²) < 4.78 is 1.82. The van der Waals surface area contributed by atoms with E-state index in [9.17, 15) is 9.59 Å². The number of H-pyrrole nitrogens is 1. The van der Waals surface area contributed by atoms with Crippen molar-refractivity contribution in [2.75, 3.05) is 13.1 Å². The van der Waals surface area contributed by atoms with Gasteiger partial charge in [-0.1, -0.05) is 0 Å². The summed E-state index contributed by atoms with van der Waals surface area (Å²) in [5, 5.41) is 11.7. The van der Waals surface area contributed by atoms with Crippen molar-refractivity contribution in [1.29, 1.82) is 0 Å². The number of amides is 1. The third kappa shape index (κ3) is 3.82. The summed E-state index contributed by atoms with van der Waals surface area (Å²) in [5.74, 6) is 0.619. The van der Waals surface area contributed by atoms with Crippen LogP contribution >= 0.6 is 0 Å². The number of hydrogen-bond acceptors (Lipinski definition) is 4. The van der Waals surface area contributed by atoms with Crippen LogP contribution < -0.4 is 0 Å². The zero-order valence-corrected chi connectivity index (χ0v) is 16.9. The number of likely N-dealkylation sites (tertiary alicyclic amines) is 1. The van der Waals surface area contributed by atoms with Crippen LogP contribution in [0.3, 0.4) is 0 Å². The highest BCUT2D eigenvalue weighted by Crippen LogP contribution is 2.29. The number of carbonyl (C=O) groups is 2. The van der Waals surface area contributed by atoms with Crippen LogP contribution in [0.4, 0.5) is 0 Å². The Morgan fingerprint density at radius 1 is 1.26 bits per heavy atom. The molecule has 0 bridgehead atoms. The van der Waals surface area contributed by atoms with E-state index in [2.05, 4.69) is 22.2 Å². The van der Waals surface area contributed by atoms with Crippen LogP contribution in [0.5, 0.6) is 0 Å². The van der Waals surface area contributed by atoms with Gasteiger partial charge in [-0.2, -0.15) is 10.2 Å². The lowest BCUT2D eigenvalue weighted by Gasteiger charge is -2.32. The molecule has 1 aliphatic heterocycles. The van der Waals surface area contributed by atoms with E-state index < -0.39 is 0 Å². The van der Waals surface area contributed by atoms with E-state index in [4.69, 9.17) is 0 Å². The molecule has 0 radical (unpaired) electrons. The second kappa shape index (κ2) is 7.66. The Bertz CT molecular complexity index is 843. The van der Waals surface area contributed by atoms with Crippen molar-refractivity contribution in [3.8, 4) is 0 Å². The van der Waals surface area contributed by atoms with E-state index in [1.165, 1.54) is 11.3 Å². The average Bonchev–Trinajstić information content (AvgIpc) is 3.17. The van der Waals surface area contributed by atoms with Gasteiger partial charge in [-0.05, 0) is 53.0 Å². The van der Waals surface area contributed by atoms with Gasteiger partial charge >= 0.3 is 0 Å². The maximum absolute atomic E-state index is 12.8. The number of aromatic amines is 1. The number of nitrogens with zero attached hydrogens (tertiary/aromatic N) is 4. The van der Waals surface area contributed by atoms with Gasteiger partial charge in [0.2, 0.25) is 5.91 Å². The van der Waals surface area contributed by atoms with Gasteiger partial charge in [-0.3, -0.25) is 19.4 Å². The number of carbonyl (C=O) groups excluding carboxylic acids is 2. The van der Waals surface area contributed by atoms with Gasteiger partial charge in [0.15, 0.2) is 5.78 Å². The van der Waals surface area contributed by atoms with Crippen molar-refractivity contribution in [2.45, 2.75) is 65.8 Å². The number of aryl methyl sites for hydroxylation is 2. The fraction of sp³-hybridized carbons (Fsp3) is 0.600. The summed E-state index contributed by atoms with van der Waals surface area (Å²) in [4.78, 5) is 26.5. The normalized spacial score (nSPS) is 16.6. The maximum Gasteiger partial charge on any atom is 0.224 e. The van der Waals surface area contributed by atoms with Gasteiger partial charge in [0, 0.05) is 36.8 Å². The van der Waals surface area contributed by atoms with Crippen molar-refractivity contribution in [1.82, 2.24) is 24.9 Å². The van der Waals surface area contributed by atoms with E-state index in [0.29, 0.717) is 17.9 Å². The summed E-state index contributed by atoms with van der Waals surface area (Å²) in [6.07, 6.45) is 4.17. The number of aromatic nitrogens is 4. The van der Waals surface area contributed by atoms with E-state index in [1.54, 1.807) is 6.92 Å². The molecule has 1 atom stereocenters. The van der Waals surface area contributed by atoms with Crippen LogP contribution in [0.1, 0.15) is 78.1 Å². The topological polar surface area (TPSA) is 83.9 Å². The van der Waals surface area contributed by atoms with Crippen molar-refractivity contribution in [2.24, 2.45) is 0 Å². The number of ketones is 1. The van der Waals surface area contributed by atoms with Crippen LogP contribution in [-0.2, 0) is 4.79 Å². The lowest BCUT2D eigenvalue weighted by Crippen LogP contribution is -2.39. The van der Waals surface area contributed by atoms with Crippen molar-refractivity contribution in [3.05, 3.63) is 34.4 Å². The van der Waals surface area contributed by atoms with Crippen molar-refractivity contribution in [3.63, 3.8) is 0 Å². The molecule has 3 rings (SSSR count). The lowest BCUT2D eigenvalue weighted by atomic mass is 9.91. The predicted molar refractivity (Wildman–Crippen MR) is 103 cm³/mol. The van der Waals surface area contributed by atoms with Crippen LogP contribution in [0.15, 0.2) is 6.20 Å². The molecule has 7 nitrogen and oxygen atoms in total. The Kier molecular flexibility index (Phi) is 5.48. The first kappa shape index (κ1) is 19.3. The molecular formula is C20H29N5O2. The molecule has 2 aromatic heterocycles. The minimum atomic E-state index is -0.0723. The number of nitrogens with one attached hydrogen (secondary N) is 1. The first-order valence-electron chi connectivity index (χ1n) is 9.63. The third-order valence-electron chi connectivity index (χ3n) is 5.69. The number of piperidine rings is 1. The first-order chi connectivity index (χ1) is 12.8. The van der Waals surface area contributed by atoms with Gasteiger partial charge in [-0.25, -0.2) is 0 Å². The molecule has 3 heterocycles. The largest absolute Gasteiger partial charge is 0.343 e. The molecule has 0 saturated carbocycles. The Morgan fingerprint density at radius 2 is 1.93 bits per heavy atom. The van der Waals surface area contributed by atoms with Gasteiger partial charge in [0.1, 0.15) is 0 Å². The zero-order chi connectivity index (χ0) is 19.7. The Balaban J connectivity index is 1.61. The summed E-state index contributed by atoms with van der Waals surface area (Å²) >= 11 is 0. The molecule has 0 unspecified atom stereocenters. The fourth-order valence-electron chi connectivity index (χ4n) is 4.26. The Labute approximate surface area is 160 Å². The SMILES string of the molecule is CC(=O)c1c(C)nn([C@@H](C)CC(=O)N2CCC(c3[nH]ncc3C)CC2)c1C. The highest BCUT2D eigenvalue weighted by Gasteiger charge is 2.27. The van der Waals surface area contributed by atoms with Crippen LogP contribution in [0.2, 0.25) is 0 Å². The summed E-state index contributed by atoms with van der Waals surface area (Å²) in [6, 6.07) is -0.0723. The number of Topliss-reactive ketones (excluding diaryl/α,β-unsaturated/α-hetero) is 1. The minimum Gasteiger partial charge on any atom is -0.343 e. The standard InChI is InChI=1S/C20H29N5O2/c1-12-11-21-22-20(12)17-6-8-24(9-7-17)18(27)10-13(2)25-15(4)19(16(5)26)14(3)23-25/h11,13,17H,6-10H2,1-5H3,(H,21,22)/t13-/m0/s1. The Hall–Kier alpha value is -2.44. The van der Waals surface area contributed by atoms with Gasteiger partial charge < -0.3 is 4.90 Å². The van der Waals surface area contributed by atoms with Gasteiger partial charge in [0.25, 0.3) is 0 Å². The summed E-state index contributed by atoms with van der Waals surface area (Å²) in [6.45, 7) is 10.9. The van der Waals surface area contributed by atoms with E-state index in [-0.39, 0.29) is 17.7 Å². The second-order valence-electron chi connectivity index (χ2n) is 7.72. The quantitative estimate of drug-likeness (QED) is 0.819. The molecule has 1 N–H and O–H groups in total. The van der Waals surface area contributed by atoms with Gasteiger partial charge in [-0.15, -0.1) is 0 Å². The summed E-state index contributed by atoms with van der Waals surface area (Å²) in [7, 11) is 0. The predicted octanol–water partition coefficient (Wildman–Crippen LogP) is 3.09. The molecule has 1 aliphatic rings. The molecule has 2 aromatic rings. The van der Waals surface area contributed by atoms with E-state index in [0.717, 1.165) is 37.3 Å². The van der Waals surface area contributed by atoms with Crippen LogP contribution in [0, 0.1) is 20.8 Å². The van der Waals surface area contributed by atoms with Crippen LogP contribution in [-0.4, -0.2) is 49.7 Å². The molecule has 1 saturated heterocycles. The molecule has 0 aliphatic carbocycles. The monoisotopic (exact) mass is 371 g/mol. The highest BCUT2D eigenvalue weighted by molar-refractivity contribution is 5.96. The van der Waals surface area contributed by atoms with Crippen LogP contribution in [0.25, 0.3) is 0 Å². The highest BCUT2D eigenvalue weighted by atomic mass is 16.2. The number of hydrogen-bond donors (Lipinski definition) is 1. The Morgan fingerprint density at radius 3 is 2.44 bits per heavy atom. The van der Waals surface area contributed by atoms with E-state index in [1.807, 2.05) is 36.5 Å². The molecule has 1 amide bonds. The molecule has 1 fully saturated rings. The zero-order valence-electron chi connectivity index (χ0n) is 16.9.